The number of nitrogens with zero attached hydrogens (tertiary/aromatic N) is 1. The highest BCUT2D eigenvalue weighted by Gasteiger charge is 2.10. The van der Waals surface area contributed by atoms with Crippen LogP contribution < -0.4 is 4.72 Å². The molecular weight excluding hydrogens is 264 g/mol. The maximum absolute atomic E-state index is 11.7. The predicted molar refractivity (Wildman–Crippen MR) is 74.3 cm³/mol. The minimum absolute atomic E-state index is 0.0143. The molecule has 0 aliphatic carbocycles. The molecule has 0 saturated carbocycles. The third kappa shape index (κ3) is 6.22. The summed E-state index contributed by atoms with van der Waals surface area (Å²) < 4.78 is 31.2. The first-order chi connectivity index (χ1) is 8.93. The number of benzene rings is 1. The summed E-state index contributed by atoms with van der Waals surface area (Å²) in [5.74, 6) is -0.0782. The van der Waals surface area contributed by atoms with E-state index in [1.807, 2.05) is 19.9 Å². The Morgan fingerprint density at radius 1 is 1.32 bits per heavy atom. The fourth-order valence-electron chi connectivity index (χ4n) is 1.41. The topological polar surface area (TPSA) is 79.2 Å². The van der Waals surface area contributed by atoms with Gasteiger partial charge in [0.05, 0.1) is 31.0 Å². The van der Waals surface area contributed by atoms with Crippen LogP contribution in [-0.2, 0) is 21.2 Å². The Balaban J connectivity index is 2.55. The number of ether oxygens (including phenoxy) is 1. The van der Waals surface area contributed by atoms with E-state index < -0.39 is 10.0 Å². The highest BCUT2D eigenvalue weighted by molar-refractivity contribution is 7.92. The normalized spacial score (nSPS) is 11.3. The van der Waals surface area contributed by atoms with Crippen molar-refractivity contribution in [2.75, 3.05) is 17.1 Å². The van der Waals surface area contributed by atoms with Gasteiger partial charge >= 0.3 is 0 Å². The quantitative estimate of drug-likeness (QED) is 0.828. The molecule has 0 fully saturated rings. The number of rotatable bonds is 7. The molecule has 0 spiro atoms. The van der Waals surface area contributed by atoms with Gasteiger partial charge in [0.1, 0.15) is 0 Å². The summed E-state index contributed by atoms with van der Waals surface area (Å²) in [5, 5.41) is 8.54. The van der Waals surface area contributed by atoms with Gasteiger partial charge in [0, 0.05) is 5.69 Å². The molecule has 0 radical (unpaired) electrons. The van der Waals surface area contributed by atoms with Crippen LogP contribution >= 0.6 is 0 Å². The van der Waals surface area contributed by atoms with Crippen molar-refractivity contribution in [2.24, 2.45) is 0 Å². The van der Waals surface area contributed by atoms with Crippen molar-refractivity contribution in [2.45, 2.75) is 26.4 Å². The Bertz CT molecular complexity index is 530. The number of hydrogen-bond donors (Lipinski definition) is 1. The molecule has 0 aromatic heterocycles. The third-order valence-electron chi connectivity index (χ3n) is 2.31. The van der Waals surface area contributed by atoms with E-state index in [4.69, 9.17) is 10.00 Å². The van der Waals surface area contributed by atoms with Crippen molar-refractivity contribution in [3.8, 4) is 6.07 Å². The molecule has 19 heavy (non-hydrogen) atoms. The third-order valence-corrected chi connectivity index (χ3v) is 3.56. The van der Waals surface area contributed by atoms with Crippen molar-refractivity contribution in [3.05, 3.63) is 29.8 Å². The van der Waals surface area contributed by atoms with E-state index in [-0.39, 0.29) is 18.5 Å². The van der Waals surface area contributed by atoms with Crippen LogP contribution in [0.5, 0.6) is 0 Å². The van der Waals surface area contributed by atoms with E-state index >= 15 is 0 Å². The zero-order valence-electron chi connectivity index (χ0n) is 11.1. The molecule has 0 bridgehead atoms. The summed E-state index contributed by atoms with van der Waals surface area (Å²) in [5.41, 5.74) is 1.35. The molecule has 1 N–H and O–H groups in total. The fraction of sp³-hybridized carbons (Fsp3) is 0.462. The lowest BCUT2D eigenvalue weighted by molar-refractivity contribution is 0.0913. The van der Waals surface area contributed by atoms with Gasteiger partial charge in [-0.2, -0.15) is 5.26 Å². The summed E-state index contributed by atoms with van der Waals surface area (Å²) >= 11 is 0. The van der Waals surface area contributed by atoms with E-state index in [0.29, 0.717) is 12.1 Å². The molecule has 0 saturated heterocycles. The number of nitrogens with one attached hydrogen (secondary N) is 1. The lowest BCUT2D eigenvalue weighted by atomic mass is 10.1. The van der Waals surface area contributed by atoms with E-state index in [1.54, 1.807) is 24.3 Å². The Kier molecular flexibility index (Phi) is 5.80. The second-order valence-electron chi connectivity index (χ2n) is 4.37. The first kappa shape index (κ1) is 15.5. The van der Waals surface area contributed by atoms with Gasteiger partial charge in [0.25, 0.3) is 0 Å². The molecule has 0 heterocycles. The second-order valence-corrected chi connectivity index (χ2v) is 6.21. The van der Waals surface area contributed by atoms with Gasteiger partial charge < -0.3 is 4.74 Å². The monoisotopic (exact) mass is 282 g/mol. The second kappa shape index (κ2) is 7.12. The zero-order valence-corrected chi connectivity index (χ0v) is 11.9. The Morgan fingerprint density at radius 3 is 2.47 bits per heavy atom. The van der Waals surface area contributed by atoms with Crippen LogP contribution in [0.25, 0.3) is 0 Å². The van der Waals surface area contributed by atoms with Crippen LogP contribution in [0.4, 0.5) is 5.69 Å². The van der Waals surface area contributed by atoms with E-state index in [1.165, 1.54) is 0 Å². The van der Waals surface area contributed by atoms with Gasteiger partial charge in [-0.1, -0.05) is 12.1 Å². The molecular formula is C13H18N2O3S. The van der Waals surface area contributed by atoms with Gasteiger partial charge in [-0.15, -0.1) is 0 Å². The van der Waals surface area contributed by atoms with Crippen molar-refractivity contribution in [1.29, 1.82) is 5.26 Å². The highest BCUT2D eigenvalue weighted by atomic mass is 32.2. The molecule has 6 heteroatoms. The van der Waals surface area contributed by atoms with Crippen molar-refractivity contribution in [1.82, 2.24) is 0 Å². The van der Waals surface area contributed by atoms with Crippen molar-refractivity contribution >= 4 is 15.7 Å². The predicted octanol–water partition coefficient (Wildman–Crippen LogP) is 1.92. The van der Waals surface area contributed by atoms with Gasteiger partial charge in [-0.25, -0.2) is 8.42 Å². The largest absolute Gasteiger partial charge is 0.378 e. The minimum Gasteiger partial charge on any atom is -0.378 e. The van der Waals surface area contributed by atoms with Gasteiger partial charge in [-0.3, -0.25) is 4.72 Å². The average Bonchev–Trinajstić information content (AvgIpc) is 2.31. The molecule has 0 unspecified atom stereocenters. The van der Waals surface area contributed by atoms with Crippen LogP contribution in [-0.4, -0.2) is 26.9 Å². The maximum atomic E-state index is 11.7. The maximum Gasteiger partial charge on any atom is 0.234 e. The van der Waals surface area contributed by atoms with E-state index in [0.717, 1.165) is 5.56 Å². The molecule has 1 rings (SSSR count). The first-order valence-electron chi connectivity index (χ1n) is 6.01. The molecule has 104 valence electrons. The Morgan fingerprint density at radius 2 is 1.95 bits per heavy atom. The molecule has 1 aromatic rings. The van der Waals surface area contributed by atoms with Gasteiger partial charge in [0.2, 0.25) is 10.0 Å². The summed E-state index contributed by atoms with van der Waals surface area (Å²) in [4.78, 5) is 0. The number of hydrogen-bond acceptors (Lipinski definition) is 4. The summed E-state index contributed by atoms with van der Waals surface area (Å²) in [6.07, 6.45) is 0.329. The Labute approximate surface area is 114 Å². The smallest absolute Gasteiger partial charge is 0.234 e. The standard InChI is InChI=1S/C13H18N2O3S/c1-11(2)18-9-10-19(16,17)15-13-5-3-12(4-6-13)7-8-14/h3-6,11,15H,7,9-10H2,1-2H3. The van der Waals surface area contributed by atoms with Crippen LogP contribution in [0.1, 0.15) is 19.4 Å². The SMILES string of the molecule is CC(C)OCCS(=O)(=O)Nc1ccc(CC#N)cc1. The van der Waals surface area contributed by atoms with Crippen LogP contribution in [0.3, 0.4) is 0 Å². The van der Waals surface area contributed by atoms with Crippen LogP contribution in [0.2, 0.25) is 0 Å². The number of anilines is 1. The zero-order chi connectivity index (χ0) is 14.3. The molecule has 0 aliphatic rings. The molecule has 1 aromatic carbocycles. The highest BCUT2D eigenvalue weighted by Crippen LogP contribution is 2.11. The minimum atomic E-state index is -3.40. The molecule has 0 amide bonds. The van der Waals surface area contributed by atoms with Crippen LogP contribution in [0.15, 0.2) is 24.3 Å². The lowest BCUT2D eigenvalue weighted by Crippen LogP contribution is -2.21. The number of nitriles is 1. The van der Waals surface area contributed by atoms with Crippen molar-refractivity contribution in [3.63, 3.8) is 0 Å². The Hall–Kier alpha value is -1.58. The average molecular weight is 282 g/mol. The van der Waals surface area contributed by atoms with E-state index in [9.17, 15) is 8.42 Å². The first-order valence-corrected chi connectivity index (χ1v) is 7.66. The molecule has 0 atom stereocenters. The summed E-state index contributed by atoms with van der Waals surface area (Å²) in [6.45, 7) is 3.88. The van der Waals surface area contributed by atoms with E-state index in [2.05, 4.69) is 4.72 Å². The summed E-state index contributed by atoms with van der Waals surface area (Å²) in [7, 11) is -3.40. The van der Waals surface area contributed by atoms with Crippen molar-refractivity contribution < 1.29 is 13.2 Å². The van der Waals surface area contributed by atoms with Gasteiger partial charge in [0.15, 0.2) is 0 Å². The molecule has 0 aliphatic heterocycles. The fourth-order valence-corrected chi connectivity index (χ4v) is 2.32. The summed E-state index contributed by atoms with van der Waals surface area (Å²) in [6, 6.07) is 8.78. The number of sulfonamides is 1. The van der Waals surface area contributed by atoms with Gasteiger partial charge in [-0.05, 0) is 31.5 Å². The van der Waals surface area contributed by atoms with Crippen LogP contribution in [0, 0.1) is 11.3 Å². The molecule has 5 nitrogen and oxygen atoms in total. The lowest BCUT2D eigenvalue weighted by Gasteiger charge is -2.10.